The summed E-state index contributed by atoms with van der Waals surface area (Å²) < 4.78 is 11.8. The first-order valence-electron chi connectivity index (χ1n) is 11.3. The number of nitrogens with one attached hydrogen (secondary N) is 1. The predicted octanol–water partition coefficient (Wildman–Crippen LogP) is 3.77. The summed E-state index contributed by atoms with van der Waals surface area (Å²) in [4.78, 5) is 19.4. The highest BCUT2D eigenvalue weighted by atomic mass is 16.5. The Kier molecular flexibility index (Phi) is 6.76. The Morgan fingerprint density at radius 2 is 1.94 bits per heavy atom. The molecule has 6 heteroatoms. The summed E-state index contributed by atoms with van der Waals surface area (Å²) in [5.74, 6) is 1.29. The predicted molar refractivity (Wildman–Crippen MR) is 121 cm³/mol. The fraction of sp³-hybridized carbons (Fsp3) is 0.520. The van der Waals surface area contributed by atoms with E-state index >= 15 is 0 Å². The van der Waals surface area contributed by atoms with Crippen LogP contribution >= 0.6 is 0 Å². The van der Waals surface area contributed by atoms with E-state index in [4.69, 9.17) is 9.47 Å². The molecule has 2 aliphatic rings. The van der Waals surface area contributed by atoms with Crippen molar-refractivity contribution in [2.75, 3.05) is 20.2 Å². The van der Waals surface area contributed by atoms with Crippen molar-refractivity contribution in [1.29, 1.82) is 0 Å². The van der Waals surface area contributed by atoms with E-state index in [0.717, 1.165) is 50.9 Å². The van der Waals surface area contributed by atoms with Gasteiger partial charge in [0, 0.05) is 49.0 Å². The standard InChI is InChI=1S/C25H33N3O3/c1-17-8-11-26-21(14-17)15-18(2)28-12-9-22(10-13-28)31-24-16-19(4-7-23(24)30-3)25(29)27-20-5-6-20/h4,7-8,11,14,16,18,20,22H,5-6,9-10,12-13,15H2,1-3H3,(H,27,29)/t18-/m1/s1. The molecule has 1 aliphatic carbocycles. The molecular weight excluding hydrogens is 390 g/mol. The van der Waals surface area contributed by atoms with Gasteiger partial charge in [-0.25, -0.2) is 0 Å². The van der Waals surface area contributed by atoms with Crippen molar-refractivity contribution in [3.8, 4) is 11.5 Å². The molecule has 0 unspecified atom stereocenters. The molecular formula is C25H33N3O3. The number of rotatable bonds is 8. The van der Waals surface area contributed by atoms with Crippen molar-refractivity contribution >= 4 is 5.91 Å². The molecule has 1 saturated carbocycles. The maximum Gasteiger partial charge on any atom is 0.251 e. The SMILES string of the molecule is COc1ccc(C(=O)NC2CC2)cc1OC1CCN([C@H](C)Cc2cc(C)ccn2)CC1. The Bertz CT molecular complexity index is 905. The molecule has 1 amide bonds. The third-order valence-electron chi connectivity index (χ3n) is 6.21. The number of amides is 1. The summed E-state index contributed by atoms with van der Waals surface area (Å²) in [6, 6.07) is 10.4. The minimum Gasteiger partial charge on any atom is -0.493 e. The van der Waals surface area contributed by atoms with Crippen LogP contribution in [0.25, 0.3) is 0 Å². The minimum absolute atomic E-state index is 0.0385. The molecule has 31 heavy (non-hydrogen) atoms. The molecule has 1 saturated heterocycles. The summed E-state index contributed by atoms with van der Waals surface area (Å²) in [6.45, 7) is 6.36. The van der Waals surface area contributed by atoms with E-state index in [1.807, 2.05) is 24.4 Å². The van der Waals surface area contributed by atoms with Crippen LogP contribution in [-0.4, -0.2) is 54.2 Å². The quantitative estimate of drug-likeness (QED) is 0.700. The van der Waals surface area contributed by atoms with Gasteiger partial charge in [-0.05, 0) is 75.4 Å². The average molecular weight is 424 g/mol. The van der Waals surface area contributed by atoms with Crippen molar-refractivity contribution in [2.24, 2.45) is 0 Å². The van der Waals surface area contributed by atoms with Gasteiger partial charge in [0.1, 0.15) is 6.10 Å². The van der Waals surface area contributed by atoms with E-state index in [-0.39, 0.29) is 12.0 Å². The molecule has 2 fully saturated rings. The molecule has 1 atom stereocenters. The van der Waals surface area contributed by atoms with Crippen LogP contribution in [0, 0.1) is 6.92 Å². The number of hydrogen-bond donors (Lipinski definition) is 1. The third-order valence-corrected chi connectivity index (χ3v) is 6.21. The van der Waals surface area contributed by atoms with Crippen LogP contribution in [0.2, 0.25) is 0 Å². The lowest BCUT2D eigenvalue weighted by Gasteiger charge is -2.36. The lowest BCUT2D eigenvalue weighted by Crippen LogP contribution is -2.43. The summed E-state index contributed by atoms with van der Waals surface area (Å²) >= 11 is 0. The smallest absolute Gasteiger partial charge is 0.251 e. The van der Waals surface area contributed by atoms with Crippen molar-refractivity contribution in [2.45, 2.75) is 64.1 Å². The maximum absolute atomic E-state index is 12.4. The topological polar surface area (TPSA) is 63.7 Å². The number of methoxy groups -OCH3 is 1. The molecule has 2 heterocycles. The zero-order valence-electron chi connectivity index (χ0n) is 18.8. The molecule has 1 aromatic carbocycles. The second-order valence-corrected chi connectivity index (χ2v) is 8.84. The molecule has 2 aromatic rings. The molecule has 0 bridgehead atoms. The van der Waals surface area contributed by atoms with Crippen molar-refractivity contribution < 1.29 is 14.3 Å². The Balaban J connectivity index is 1.33. The van der Waals surface area contributed by atoms with E-state index in [9.17, 15) is 4.79 Å². The number of benzene rings is 1. The van der Waals surface area contributed by atoms with Gasteiger partial charge in [0.15, 0.2) is 11.5 Å². The van der Waals surface area contributed by atoms with Crippen LogP contribution in [0.3, 0.4) is 0 Å². The average Bonchev–Trinajstić information content (AvgIpc) is 3.58. The van der Waals surface area contributed by atoms with E-state index in [1.54, 1.807) is 13.2 Å². The number of carbonyl (C=O) groups excluding carboxylic acids is 1. The molecule has 4 rings (SSSR count). The van der Waals surface area contributed by atoms with E-state index < -0.39 is 0 Å². The van der Waals surface area contributed by atoms with E-state index in [0.29, 0.717) is 29.1 Å². The van der Waals surface area contributed by atoms with Crippen LogP contribution < -0.4 is 14.8 Å². The Hall–Kier alpha value is -2.60. The highest BCUT2D eigenvalue weighted by Gasteiger charge is 2.27. The second-order valence-electron chi connectivity index (χ2n) is 8.84. The first kappa shape index (κ1) is 21.6. The lowest BCUT2D eigenvalue weighted by molar-refractivity contribution is 0.0774. The number of pyridine rings is 1. The summed E-state index contributed by atoms with van der Waals surface area (Å²) in [7, 11) is 1.63. The monoisotopic (exact) mass is 423 g/mol. The number of hydrogen-bond acceptors (Lipinski definition) is 5. The van der Waals surface area contributed by atoms with Gasteiger partial charge < -0.3 is 14.8 Å². The number of ether oxygens (including phenoxy) is 2. The lowest BCUT2D eigenvalue weighted by atomic mass is 10.0. The highest BCUT2D eigenvalue weighted by Crippen LogP contribution is 2.31. The van der Waals surface area contributed by atoms with Gasteiger partial charge in [-0.15, -0.1) is 0 Å². The number of piperidine rings is 1. The number of nitrogens with zero attached hydrogens (tertiary/aromatic N) is 2. The summed E-state index contributed by atoms with van der Waals surface area (Å²) in [5.41, 5.74) is 3.03. The van der Waals surface area contributed by atoms with Crippen molar-refractivity contribution in [3.05, 3.63) is 53.3 Å². The molecule has 1 N–H and O–H groups in total. The Morgan fingerprint density at radius 3 is 2.61 bits per heavy atom. The molecule has 1 aromatic heterocycles. The zero-order chi connectivity index (χ0) is 21.8. The second kappa shape index (κ2) is 9.69. The molecule has 0 radical (unpaired) electrons. The van der Waals surface area contributed by atoms with Crippen LogP contribution in [0.15, 0.2) is 36.5 Å². The van der Waals surface area contributed by atoms with E-state index in [1.165, 1.54) is 5.56 Å². The maximum atomic E-state index is 12.4. The summed E-state index contributed by atoms with van der Waals surface area (Å²) in [5, 5.41) is 3.03. The van der Waals surface area contributed by atoms with Crippen molar-refractivity contribution in [3.63, 3.8) is 0 Å². The number of carbonyl (C=O) groups is 1. The van der Waals surface area contributed by atoms with Gasteiger partial charge in [0.25, 0.3) is 5.91 Å². The van der Waals surface area contributed by atoms with Gasteiger partial charge in [0.05, 0.1) is 7.11 Å². The minimum atomic E-state index is -0.0385. The summed E-state index contributed by atoms with van der Waals surface area (Å²) in [6.07, 6.45) is 7.02. The fourth-order valence-electron chi connectivity index (χ4n) is 4.16. The molecule has 1 aliphatic heterocycles. The normalized spacial score (nSPS) is 18.4. The van der Waals surface area contributed by atoms with Gasteiger partial charge >= 0.3 is 0 Å². The molecule has 0 spiro atoms. The van der Waals surface area contributed by atoms with Gasteiger partial charge in [-0.3, -0.25) is 14.7 Å². The van der Waals surface area contributed by atoms with Gasteiger partial charge in [-0.1, -0.05) is 0 Å². The van der Waals surface area contributed by atoms with Gasteiger partial charge in [0.2, 0.25) is 0 Å². The number of aromatic nitrogens is 1. The fourth-order valence-corrected chi connectivity index (χ4v) is 4.16. The van der Waals surface area contributed by atoms with Crippen LogP contribution in [0.5, 0.6) is 11.5 Å². The first-order chi connectivity index (χ1) is 15.0. The van der Waals surface area contributed by atoms with Gasteiger partial charge in [-0.2, -0.15) is 0 Å². The zero-order valence-corrected chi connectivity index (χ0v) is 18.8. The largest absolute Gasteiger partial charge is 0.493 e. The van der Waals surface area contributed by atoms with Crippen LogP contribution in [0.1, 0.15) is 54.2 Å². The Morgan fingerprint density at radius 1 is 1.16 bits per heavy atom. The first-order valence-corrected chi connectivity index (χ1v) is 11.3. The van der Waals surface area contributed by atoms with Crippen LogP contribution in [0.4, 0.5) is 0 Å². The molecule has 166 valence electrons. The highest BCUT2D eigenvalue weighted by molar-refractivity contribution is 5.95. The number of aryl methyl sites for hydroxylation is 1. The Labute approximate surface area is 185 Å². The third kappa shape index (κ3) is 5.76. The van der Waals surface area contributed by atoms with E-state index in [2.05, 4.69) is 35.1 Å². The molecule has 6 nitrogen and oxygen atoms in total. The van der Waals surface area contributed by atoms with Crippen LogP contribution in [-0.2, 0) is 6.42 Å². The number of likely N-dealkylation sites (tertiary alicyclic amines) is 1. The van der Waals surface area contributed by atoms with Crippen molar-refractivity contribution in [1.82, 2.24) is 15.2 Å².